The number of hydrogen-bond acceptors (Lipinski definition) is 6. The Morgan fingerprint density at radius 1 is 0.562 bits per heavy atom. The van der Waals surface area contributed by atoms with Crippen LogP contribution in [0.1, 0.15) is 64.2 Å². The van der Waals surface area contributed by atoms with Crippen molar-refractivity contribution in [2.24, 2.45) is 0 Å². The second kappa shape index (κ2) is 8.00. The smallest absolute Gasteiger partial charge is 0.319 e. The number of hydrogen-bond donors (Lipinski definition) is 0. The molecule has 0 aromatic carbocycles. The van der Waals surface area contributed by atoms with Gasteiger partial charge in [0.25, 0.3) is 0 Å². The van der Waals surface area contributed by atoms with Crippen LogP contribution in [0.15, 0.2) is 0 Å². The molecule has 4 amide bonds. The molecule has 4 saturated heterocycles. The number of urea groups is 2. The van der Waals surface area contributed by atoms with Crippen LogP contribution in [0.4, 0.5) is 9.59 Å². The van der Waals surface area contributed by atoms with E-state index in [2.05, 4.69) is 0 Å². The van der Waals surface area contributed by atoms with Gasteiger partial charge in [0.15, 0.2) is 24.9 Å². The first-order chi connectivity index (χ1) is 15.5. The first-order valence-electron chi connectivity index (χ1n) is 12.3. The highest BCUT2D eigenvalue weighted by Crippen LogP contribution is 2.42. The van der Waals surface area contributed by atoms with Gasteiger partial charge in [-0.2, -0.15) is 0 Å². The summed E-state index contributed by atoms with van der Waals surface area (Å²) in [7, 11) is 3.52. The fourth-order valence-corrected chi connectivity index (χ4v) is 6.36. The molecular weight excluding hydrogens is 416 g/mol. The number of nitrogens with zero attached hydrogens (tertiary/aromatic N) is 4. The Morgan fingerprint density at radius 3 is 1.28 bits per heavy atom. The van der Waals surface area contributed by atoms with E-state index in [4.69, 9.17) is 18.9 Å². The molecule has 2 saturated carbocycles. The van der Waals surface area contributed by atoms with Crippen molar-refractivity contribution >= 4 is 12.1 Å². The predicted molar refractivity (Wildman–Crippen MR) is 111 cm³/mol. The molecule has 0 aromatic heterocycles. The van der Waals surface area contributed by atoms with Gasteiger partial charge in [-0.3, -0.25) is 19.6 Å². The maximum absolute atomic E-state index is 12.9. The molecule has 2 aliphatic carbocycles. The second-order valence-electron chi connectivity index (χ2n) is 10.0. The van der Waals surface area contributed by atoms with Crippen molar-refractivity contribution in [1.29, 1.82) is 0 Å². The fraction of sp³-hybridized carbons (Fsp3) is 0.909. The van der Waals surface area contributed by atoms with Crippen LogP contribution in [0.5, 0.6) is 0 Å². The third-order valence-corrected chi connectivity index (χ3v) is 8.10. The van der Waals surface area contributed by atoms with Gasteiger partial charge in [0.2, 0.25) is 12.6 Å². The normalized spacial score (nSPS) is 41.2. The molecule has 4 aliphatic heterocycles. The SMILES string of the molecule is CN1C(=O)N(C2CCCCC2)[C@@H]2O[C@@H]([C@@H]3O[C@@H]4[C@H](O3)N(C)C(=O)N4C3CCCCC3)O[C@H]21. The molecule has 10 heteroatoms. The highest BCUT2D eigenvalue weighted by molar-refractivity contribution is 5.78. The summed E-state index contributed by atoms with van der Waals surface area (Å²) in [6, 6.07) is 0.298. The van der Waals surface area contributed by atoms with Gasteiger partial charge in [0.05, 0.1) is 0 Å². The van der Waals surface area contributed by atoms with E-state index >= 15 is 0 Å². The lowest BCUT2D eigenvalue weighted by molar-refractivity contribution is -0.243. The summed E-state index contributed by atoms with van der Waals surface area (Å²) in [5, 5.41) is 0. The predicted octanol–water partition coefficient (Wildman–Crippen LogP) is 2.44. The van der Waals surface area contributed by atoms with Crippen molar-refractivity contribution in [3.8, 4) is 0 Å². The molecule has 0 N–H and O–H groups in total. The monoisotopic (exact) mass is 450 g/mol. The number of amides is 4. The molecule has 178 valence electrons. The summed E-state index contributed by atoms with van der Waals surface area (Å²) in [6.07, 6.45) is 7.63. The minimum Gasteiger partial charge on any atom is -0.319 e. The fourth-order valence-electron chi connectivity index (χ4n) is 6.36. The van der Waals surface area contributed by atoms with Crippen molar-refractivity contribution < 1.29 is 28.5 Å². The van der Waals surface area contributed by atoms with Gasteiger partial charge in [0, 0.05) is 26.2 Å². The Bertz CT molecular complexity index is 695. The standard InChI is InChI=1S/C22H34N4O6/c1-23-15-17(25(21(23)27)13-9-5-3-6-10-13)31-19(29-15)20-30-16-18(32-20)26(22(28)24(16)2)14-11-7-4-8-12-14/h13-20H,3-12H2,1-2H3/t15-,16+,17-,18-,19+,20+/m1/s1. The van der Waals surface area contributed by atoms with E-state index in [-0.39, 0.29) is 24.1 Å². The number of likely N-dealkylation sites (N-methyl/N-ethyl adjacent to an activating group) is 2. The molecule has 10 nitrogen and oxygen atoms in total. The van der Waals surface area contributed by atoms with Gasteiger partial charge in [-0.25, -0.2) is 9.59 Å². The number of rotatable bonds is 3. The van der Waals surface area contributed by atoms with E-state index in [0.29, 0.717) is 0 Å². The van der Waals surface area contributed by atoms with Crippen LogP contribution < -0.4 is 0 Å². The molecule has 6 fully saturated rings. The molecule has 0 unspecified atom stereocenters. The largest absolute Gasteiger partial charge is 0.324 e. The van der Waals surface area contributed by atoms with E-state index in [9.17, 15) is 9.59 Å². The maximum Gasteiger partial charge on any atom is 0.324 e. The van der Waals surface area contributed by atoms with Gasteiger partial charge < -0.3 is 18.9 Å². The number of fused-ring (bicyclic) bond motifs is 2. The van der Waals surface area contributed by atoms with E-state index in [1.165, 1.54) is 12.8 Å². The Labute approximate surface area is 188 Å². The Hall–Kier alpha value is -1.62. The summed E-state index contributed by atoms with van der Waals surface area (Å²) >= 11 is 0. The summed E-state index contributed by atoms with van der Waals surface area (Å²) in [5.74, 6) is 0. The van der Waals surface area contributed by atoms with Crippen LogP contribution in [-0.2, 0) is 18.9 Å². The minimum atomic E-state index is -0.742. The molecular formula is C22H34N4O6. The molecule has 0 bridgehead atoms. The van der Waals surface area contributed by atoms with E-state index < -0.39 is 37.5 Å². The molecule has 32 heavy (non-hydrogen) atoms. The molecule has 4 heterocycles. The first kappa shape index (κ1) is 20.9. The number of carbonyl (C=O) groups excluding carboxylic acids is 2. The summed E-state index contributed by atoms with van der Waals surface area (Å²) in [6.45, 7) is 0. The molecule has 0 aromatic rings. The van der Waals surface area contributed by atoms with Gasteiger partial charge in [-0.15, -0.1) is 0 Å². The van der Waals surface area contributed by atoms with Gasteiger partial charge >= 0.3 is 12.1 Å². The van der Waals surface area contributed by atoms with Crippen LogP contribution in [0.2, 0.25) is 0 Å². The lowest BCUT2D eigenvalue weighted by Gasteiger charge is -2.34. The molecule has 6 rings (SSSR count). The van der Waals surface area contributed by atoms with Crippen LogP contribution >= 0.6 is 0 Å². The van der Waals surface area contributed by atoms with Crippen LogP contribution in [0, 0.1) is 0 Å². The van der Waals surface area contributed by atoms with E-state index in [0.717, 1.165) is 51.4 Å². The average Bonchev–Trinajstić information content (AvgIpc) is 3.54. The third-order valence-electron chi connectivity index (χ3n) is 8.10. The second-order valence-corrected chi connectivity index (χ2v) is 10.0. The van der Waals surface area contributed by atoms with Crippen molar-refractivity contribution in [2.45, 2.75) is 114 Å². The summed E-state index contributed by atoms with van der Waals surface area (Å²) in [5.41, 5.74) is 0. The molecule has 6 aliphatic rings. The Morgan fingerprint density at radius 2 is 0.906 bits per heavy atom. The van der Waals surface area contributed by atoms with Crippen LogP contribution in [0.25, 0.3) is 0 Å². The zero-order chi connectivity index (χ0) is 22.0. The molecule has 0 radical (unpaired) electrons. The van der Waals surface area contributed by atoms with Gasteiger partial charge in [-0.1, -0.05) is 38.5 Å². The maximum atomic E-state index is 12.9. The zero-order valence-corrected chi connectivity index (χ0v) is 18.9. The Kier molecular flexibility index (Phi) is 5.24. The Balaban J connectivity index is 1.16. The highest BCUT2D eigenvalue weighted by atomic mass is 16.8. The third kappa shape index (κ3) is 3.13. The summed E-state index contributed by atoms with van der Waals surface area (Å²) < 4.78 is 24.8. The quantitative estimate of drug-likeness (QED) is 0.657. The average molecular weight is 451 g/mol. The highest BCUT2D eigenvalue weighted by Gasteiger charge is 2.60. The van der Waals surface area contributed by atoms with Crippen molar-refractivity contribution in [3.05, 3.63) is 0 Å². The van der Waals surface area contributed by atoms with Crippen LogP contribution in [0.3, 0.4) is 0 Å². The number of ether oxygens (including phenoxy) is 4. The van der Waals surface area contributed by atoms with Gasteiger partial charge in [-0.05, 0) is 25.7 Å². The molecule has 6 atom stereocenters. The van der Waals surface area contributed by atoms with E-state index in [1.807, 2.05) is 9.80 Å². The van der Waals surface area contributed by atoms with Crippen LogP contribution in [-0.4, -0.2) is 95.3 Å². The van der Waals surface area contributed by atoms with Crippen molar-refractivity contribution in [3.63, 3.8) is 0 Å². The number of carbonyl (C=O) groups is 2. The van der Waals surface area contributed by atoms with E-state index in [1.54, 1.807) is 23.9 Å². The summed E-state index contributed by atoms with van der Waals surface area (Å²) in [4.78, 5) is 32.7. The minimum absolute atomic E-state index is 0.0377. The topological polar surface area (TPSA) is 84.0 Å². The van der Waals surface area contributed by atoms with Crippen molar-refractivity contribution in [1.82, 2.24) is 19.6 Å². The zero-order valence-electron chi connectivity index (χ0n) is 18.9. The lowest BCUT2D eigenvalue weighted by atomic mass is 9.94. The van der Waals surface area contributed by atoms with Crippen molar-refractivity contribution in [2.75, 3.05) is 14.1 Å². The van der Waals surface area contributed by atoms with Gasteiger partial charge in [0.1, 0.15) is 0 Å². The first-order valence-corrected chi connectivity index (χ1v) is 12.3. The molecule has 0 spiro atoms. The lowest BCUT2D eigenvalue weighted by Crippen LogP contribution is -2.47.